The molecule has 114 valence electrons. The minimum Gasteiger partial charge on any atom is -0.469 e. The molecule has 1 saturated carbocycles. The molecule has 3 rings (SSSR count). The number of carbonyl (C=O) groups excluding carboxylic acids is 2. The molecule has 1 aliphatic rings. The first kappa shape index (κ1) is 14.3. The zero-order chi connectivity index (χ0) is 15.7. The van der Waals surface area contributed by atoms with Gasteiger partial charge in [-0.1, -0.05) is 0 Å². The van der Waals surface area contributed by atoms with Crippen molar-refractivity contribution in [2.24, 2.45) is 5.92 Å². The lowest BCUT2D eigenvalue weighted by molar-refractivity contribution is -0.117. The summed E-state index contributed by atoms with van der Waals surface area (Å²) in [4.78, 5) is 23.2. The van der Waals surface area contributed by atoms with Gasteiger partial charge in [0.1, 0.15) is 11.6 Å². The standard InChI is InChI=1S/C16H15FN2O3/c1-9(20)18-14-7-10(4-5-13(14)17)19-16(21)12-8-11(12)15-3-2-6-22-15/h2-7,11-12H,8H2,1H3,(H,18,20)(H,19,21). The second-order valence-electron chi connectivity index (χ2n) is 5.33. The maximum absolute atomic E-state index is 13.5. The van der Waals surface area contributed by atoms with Crippen molar-refractivity contribution >= 4 is 23.2 Å². The average molecular weight is 302 g/mol. The summed E-state index contributed by atoms with van der Waals surface area (Å²) in [7, 11) is 0. The van der Waals surface area contributed by atoms with Crippen LogP contribution in [0.4, 0.5) is 15.8 Å². The van der Waals surface area contributed by atoms with Gasteiger partial charge in [-0.25, -0.2) is 4.39 Å². The molecule has 0 saturated heterocycles. The molecule has 0 radical (unpaired) electrons. The second kappa shape index (κ2) is 5.63. The summed E-state index contributed by atoms with van der Waals surface area (Å²) in [5.74, 6) is -0.291. The Morgan fingerprint density at radius 2 is 2.09 bits per heavy atom. The Labute approximate surface area is 126 Å². The Kier molecular flexibility index (Phi) is 3.66. The third-order valence-corrected chi connectivity index (χ3v) is 3.58. The highest BCUT2D eigenvalue weighted by Gasteiger charge is 2.45. The number of amides is 2. The van der Waals surface area contributed by atoms with E-state index in [-0.39, 0.29) is 29.3 Å². The Hall–Kier alpha value is -2.63. The van der Waals surface area contributed by atoms with Crippen LogP contribution < -0.4 is 10.6 Å². The molecule has 1 heterocycles. The van der Waals surface area contributed by atoms with Gasteiger partial charge < -0.3 is 15.1 Å². The molecule has 1 aliphatic carbocycles. The van der Waals surface area contributed by atoms with Gasteiger partial charge in [0, 0.05) is 24.4 Å². The predicted molar refractivity (Wildman–Crippen MR) is 78.9 cm³/mol. The Morgan fingerprint density at radius 1 is 1.27 bits per heavy atom. The number of hydrogen-bond donors (Lipinski definition) is 2. The third kappa shape index (κ3) is 3.00. The van der Waals surface area contributed by atoms with E-state index in [1.165, 1.54) is 25.1 Å². The molecule has 0 aliphatic heterocycles. The van der Waals surface area contributed by atoms with Crippen LogP contribution in [0.5, 0.6) is 0 Å². The fraction of sp³-hybridized carbons (Fsp3) is 0.250. The van der Waals surface area contributed by atoms with Gasteiger partial charge in [-0.05, 0) is 36.8 Å². The number of furan rings is 1. The Morgan fingerprint density at radius 3 is 2.77 bits per heavy atom. The Bertz CT molecular complexity index is 712. The molecular weight excluding hydrogens is 287 g/mol. The maximum atomic E-state index is 13.5. The zero-order valence-electron chi connectivity index (χ0n) is 11.9. The van der Waals surface area contributed by atoms with E-state index in [1.54, 1.807) is 12.3 Å². The molecule has 22 heavy (non-hydrogen) atoms. The average Bonchev–Trinajstić information content (AvgIpc) is 3.08. The SMILES string of the molecule is CC(=O)Nc1cc(NC(=O)C2CC2c2ccco2)ccc1F. The number of anilines is 2. The van der Waals surface area contributed by atoms with E-state index < -0.39 is 5.82 Å². The topological polar surface area (TPSA) is 71.3 Å². The van der Waals surface area contributed by atoms with E-state index in [9.17, 15) is 14.0 Å². The van der Waals surface area contributed by atoms with Gasteiger partial charge in [-0.15, -0.1) is 0 Å². The van der Waals surface area contributed by atoms with Crippen LogP contribution in [0.3, 0.4) is 0 Å². The van der Waals surface area contributed by atoms with E-state index in [4.69, 9.17) is 4.42 Å². The molecule has 5 nitrogen and oxygen atoms in total. The van der Waals surface area contributed by atoms with Crippen molar-refractivity contribution in [3.63, 3.8) is 0 Å². The first-order valence-electron chi connectivity index (χ1n) is 6.96. The maximum Gasteiger partial charge on any atom is 0.228 e. The second-order valence-corrected chi connectivity index (χ2v) is 5.33. The summed E-state index contributed by atoms with van der Waals surface area (Å²) in [6.07, 6.45) is 2.32. The number of rotatable bonds is 4. The van der Waals surface area contributed by atoms with Gasteiger partial charge in [0.15, 0.2) is 0 Å². The molecule has 6 heteroatoms. The van der Waals surface area contributed by atoms with Gasteiger partial charge in [0.05, 0.1) is 12.0 Å². The van der Waals surface area contributed by atoms with Gasteiger partial charge in [-0.2, -0.15) is 0 Å². The predicted octanol–water partition coefficient (Wildman–Crippen LogP) is 3.12. The van der Waals surface area contributed by atoms with Crippen LogP contribution in [0.2, 0.25) is 0 Å². The molecule has 2 atom stereocenters. The first-order valence-corrected chi connectivity index (χ1v) is 6.96. The molecule has 0 spiro atoms. The van der Waals surface area contributed by atoms with Crippen LogP contribution in [0.15, 0.2) is 41.0 Å². The molecule has 0 bridgehead atoms. The fourth-order valence-electron chi connectivity index (χ4n) is 2.42. The quantitative estimate of drug-likeness (QED) is 0.911. The fourth-order valence-corrected chi connectivity index (χ4v) is 2.42. The summed E-state index contributed by atoms with van der Waals surface area (Å²) >= 11 is 0. The number of benzene rings is 1. The summed E-state index contributed by atoms with van der Waals surface area (Å²) in [5, 5.41) is 5.12. The smallest absolute Gasteiger partial charge is 0.228 e. The van der Waals surface area contributed by atoms with E-state index in [1.807, 2.05) is 6.07 Å². The van der Waals surface area contributed by atoms with Gasteiger partial charge in [0.25, 0.3) is 0 Å². The van der Waals surface area contributed by atoms with Crippen LogP contribution in [0.1, 0.15) is 25.0 Å². The largest absolute Gasteiger partial charge is 0.469 e. The summed E-state index contributed by atoms with van der Waals surface area (Å²) < 4.78 is 18.8. The van der Waals surface area contributed by atoms with Crippen LogP contribution >= 0.6 is 0 Å². The molecule has 2 N–H and O–H groups in total. The molecule has 2 amide bonds. The molecular formula is C16H15FN2O3. The van der Waals surface area contributed by atoms with Crippen molar-refractivity contribution in [3.8, 4) is 0 Å². The van der Waals surface area contributed by atoms with Crippen LogP contribution in [-0.4, -0.2) is 11.8 Å². The van der Waals surface area contributed by atoms with Crippen molar-refractivity contribution < 1.29 is 18.4 Å². The van der Waals surface area contributed by atoms with E-state index >= 15 is 0 Å². The monoisotopic (exact) mass is 302 g/mol. The number of hydrogen-bond acceptors (Lipinski definition) is 3. The molecule has 1 fully saturated rings. The minimum absolute atomic E-state index is 0.0451. The molecule has 1 aromatic carbocycles. The third-order valence-electron chi connectivity index (χ3n) is 3.58. The van der Waals surface area contributed by atoms with Crippen LogP contribution in [-0.2, 0) is 9.59 Å². The van der Waals surface area contributed by atoms with Crippen molar-refractivity contribution in [1.29, 1.82) is 0 Å². The lowest BCUT2D eigenvalue weighted by Crippen LogP contribution is -2.15. The lowest BCUT2D eigenvalue weighted by atomic mass is 10.2. The summed E-state index contributed by atoms with van der Waals surface area (Å²) in [5.41, 5.74) is 0.490. The highest BCUT2D eigenvalue weighted by Crippen LogP contribution is 2.48. The van der Waals surface area contributed by atoms with Crippen LogP contribution in [0.25, 0.3) is 0 Å². The zero-order valence-corrected chi connectivity index (χ0v) is 11.9. The number of nitrogens with one attached hydrogen (secondary N) is 2. The van der Waals surface area contributed by atoms with Crippen molar-refractivity contribution in [2.75, 3.05) is 10.6 Å². The Balaban J connectivity index is 1.66. The van der Waals surface area contributed by atoms with Crippen molar-refractivity contribution in [1.82, 2.24) is 0 Å². The summed E-state index contributed by atoms with van der Waals surface area (Å²) in [6.45, 7) is 1.29. The molecule has 2 aromatic rings. The number of carbonyl (C=O) groups is 2. The lowest BCUT2D eigenvalue weighted by Gasteiger charge is -2.08. The number of halogens is 1. The van der Waals surface area contributed by atoms with Crippen LogP contribution in [0, 0.1) is 11.7 Å². The van der Waals surface area contributed by atoms with Crippen molar-refractivity contribution in [2.45, 2.75) is 19.3 Å². The minimum atomic E-state index is -0.548. The summed E-state index contributed by atoms with van der Waals surface area (Å²) in [6, 6.07) is 7.71. The van der Waals surface area contributed by atoms with E-state index in [2.05, 4.69) is 10.6 Å². The highest BCUT2D eigenvalue weighted by atomic mass is 19.1. The molecule has 2 unspecified atom stereocenters. The van der Waals surface area contributed by atoms with Gasteiger partial charge in [-0.3, -0.25) is 9.59 Å². The van der Waals surface area contributed by atoms with Crippen molar-refractivity contribution in [3.05, 3.63) is 48.2 Å². The van der Waals surface area contributed by atoms with E-state index in [0.717, 1.165) is 12.2 Å². The van der Waals surface area contributed by atoms with Gasteiger partial charge >= 0.3 is 0 Å². The van der Waals surface area contributed by atoms with Gasteiger partial charge in [0.2, 0.25) is 11.8 Å². The van der Waals surface area contributed by atoms with E-state index in [0.29, 0.717) is 5.69 Å². The highest BCUT2D eigenvalue weighted by molar-refractivity contribution is 5.96. The molecule has 1 aromatic heterocycles. The normalized spacial score (nSPS) is 19.5. The first-order chi connectivity index (χ1) is 10.5.